The predicted octanol–water partition coefficient (Wildman–Crippen LogP) is 2.94. The van der Waals surface area contributed by atoms with Crippen LogP contribution in [0.25, 0.3) is 0 Å². The molecular weight excluding hydrogens is 350 g/mol. The Kier molecular flexibility index (Phi) is 5.40. The van der Waals surface area contributed by atoms with Gasteiger partial charge in [-0.05, 0) is 62.9 Å². The molecule has 1 aliphatic heterocycles. The van der Waals surface area contributed by atoms with Crippen LogP contribution < -0.4 is 10.2 Å². The van der Waals surface area contributed by atoms with E-state index in [0.717, 1.165) is 43.3 Å². The maximum Gasteiger partial charge on any atom is 0.228 e. The Morgan fingerprint density at radius 2 is 2.00 bits per heavy atom. The summed E-state index contributed by atoms with van der Waals surface area (Å²) < 4.78 is 1.80. The normalized spacial score (nSPS) is 22.5. The van der Waals surface area contributed by atoms with Gasteiger partial charge in [0.1, 0.15) is 0 Å². The first-order chi connectivity index (χ1) is 13.5. The van der Waals surface area contributed by atoms with Gasteiger partial charge in [0.05, 0.1) is 17.6 Å². The maximum atomic E-state index is 12.8. The third kappa shape index (κ3) is 4.22. The number of anilines is 2. The number of aryl methyl sites for hydroxylation is 1. The minimum absolute atomic E-state index is 0.0584. The molecular formula is C22H31N5O. The smallest absolute Gasteiger partial charge is 0.228 e. The number of nitrogens with zero attached hydrogens (tertiary/aromatic N) is 4. The highest BCUT2D eigenvalue weighted by Crippen LogP contribution is 2.48. The Bertz CT molecular complexity index is 822. The molecule has 6 nitrogen and oxygen atoms in total. The van der Waals surface area contributed by atoms with E-state index in [1.165, 1.54) is 18.4 Å². The van der Waals surface area contributed by atoms with Crippen LogP contribution in [0.15, 0.2) is 36.7 Å². The van der Waals surface area contributed by atoms with Crippen molar-refractivity contribution in [2.75, 3.05) is 43.9 Å². The molecule has 2 atom stereocenters. The molecule has 2 aliphatic rings. The van der Waals surface area contributed by atoms with Gasteiger partial charge in [-0.1, -0.05) is 12.1 Å². The number of amides is 1. The van der Waals surface area contributed by atoms with Gasteiger partial charge in [0.25, 0.3) is 0 Å². The highest BCUT2D eigenvalue weighted by molar-refractivity contribution is 5.98. The van der Waals surface area contributed by atoms with E-state index in [4.69, 9.17) is 0 Å². The lowest BCUT2D eigenvalue weighted by Crippen LogP contribution is -2.37. The minimum atomic E-state index is 0.0584. The van der Waals surface area contributed by atoms with Crippen LogP contribution in [0.1, 0.15) is 30.7 Å². The van der Waals surface area contributed by atoms with Crippen molar-refractivity contribution in [1.29, 1.82) is 0 Å². The summed E-state index contributed by atoms with van der Waals surface area (Å²) in [6.07, 6.45) is 7.21. The van der Waals surface area contributed by atoms with Crippen LogP contribution in [-0.4, -0.2) is 54.3 Å². The topological polar surface area (TPSA) is 53.4 Å². The molecule has 1 aromatic heterocycles. The van der Waals surface area contributed by atoms with Gasteiger partial charge in [-0.2, -0.15) is 5.10 Å². The second-order valence-corrected chi connectivity index (χ2v) is 8.60. The summed E-state index contributed by atoms with van der Waals surface area (Å²) in [5, 5.41) is 7.43. The molecule has 4 rings (SSSR count). The van der Waals surface area contributed by atoms with Gasteiger partial charge in [-0.3, -0.25) is 9.48 Å². The summed E-state index contributed by atoms with van der Waals surface area (Å²) in [5.74, 6) is 1.26. The number of rotatable bonds is 6. The molecule has 2 aromatic rings. The van der Waals surface area contributed by atoms with Gasteiger partial charge < -0.3 is 15.1 Å². The lowest BCUT2D eigenvalue weighted by atomic mass is 9.96. The number of nitrogens with one attached hydrogen (secondary N) is 1. The highest BCUT2D eigenvalue weighted by atomic mass is 16.2. The van der Waals surface area contributed by atoms with Crippen molar-refractivity contribution in [3.8, 4) is 0 Å². The molecule has 1 saturated heterocycles. The number of carbonyl (C=O) groups is 1. The van der Waals surface area contributed by atoms with Crippen LogP contribution in [0, 0.1) is 11.8 Å². The third-order valence-corrected chi connectivity index (χ3v) is 6.02. The first-order valence-electron chi connectivity index (χ1n) is 10.3. The monoisotopic (exact) mass is 381 g/mol. The molecule has 1 aromatic carbocycles. The van der Waals surface area contributed by atoms with Crippen molar-refractivity contribution in [1.82, 2.24) is 14.7 Å². The standard InChI is InChI=1S/C22H31N5O/c1-25(2)14-16-8-10-27(11-9-16)21-7-5-4-6-20(21)24-22(28)19-12-18(19)17-13-23-26(3)15-17/h4-7,13,15-16,18-19H,8-12,14H2,1-3H3,(H,24,28)/t18-,19+/m0/s1. The second-order valence-electron chi connectivity index (χ2n) is 8.60. The molecule has 0 unspecified atom stereocenters. The van der Waals surface area contributed by atoms with Crippen molar-refractivity contribution in [2.24, 2.45) is 18.9 Å². The van der Waals surface area contributed by atoms with Crippen LogP contribution in [0.5, 0.6) is 0 Å². The third-order valence-electron chi connectivity index (χ3n) is 6.02. The molecule has 6 heteroatoms. The number of aromatic nitrogens is 2. The Morgan fingerprint density at radius 3 is 2.68 bits per heavy atom. The average molecular weight is 382 g/mol. The van der Waals surface area contributed by atoms with Gasteiger partial charge in [-0.25, -0.2) is 0 Å². The Labute approximate surface area is 167 Å². The number of para-hydroxylation sites is 2. The lowest BCUT2D eigenvalue weighted by molar-refractivity contribution is -0.117. The molecule has 0 bridgehead atoms. The van der Waals surface area contributed by atoms with E-state index in [-0.39, 0.29) is 11.8 Å². The highest BCUT2D eigenvalue weighted by Gasteiger charge is 2.44. The van der Waals surface area contributed by atoms with Crippen molar-refractivity contribution >= 4 is 17.3 Å². The zero-order chi connectivity index (χ0) is 19.7. The van der Waals surface area contributed by atoms with Gasteiger partial charge in [0.2, 0.25) is 5.91 Å². The molecule has 2 fully saturated rings. The Hall–Kier alpha value is -2.34. The molecule has 1 saturated carbocycles. The molecule has 1 amide bonds. The van der Waals surface area contributed by atoms with E-state index in [9.17, 15) is 4.79 Å². The van der Waals surface area contributed by atoms with Crippen LogP contribution in [0.4, 0.5) is 11.4 Å². The van der Waals surface area contributed by atoms with E-state index >= 15 is 0 Å². The summed E-state index contributed by atoms with van der Waals surface area (Å²) in [7, 11) is 6.21. The number of hydrogen-bond acceptors (Lipinski definition) is 4. The predicted molar refractivity (Wildman–Crippen MR) is 113 cm³/mol. The molecule has 1 N–H and O–H groups in total. The largest absolute Gasteiger partial charge is 0.370 e. The van der Waals surface area contributed by atoms with Crippen molar-refractivity contribution in [2.45, 2.75) is 25.2 Å². The van der Waals surface area contributed by atoms with E-state index in [0.29, 0.717) is 5.92 Å². The van der Waals surface area contributed by atoms with Crippen molar-refractivity contribution in [3.63, 3.8) is 0 Å². The van der Waals surface area contributed by atoms with E-state index in [2.05, 4.69) is 46.4 Å². The Balaban J connectivity index is 1.38. The average Bonchev–Trinajstić information content (AvgIpc) is 3.36. The fraction of sp³-hybridized carbons (Fsp3) is 0.545. The minimum Gasteiger partial charge on any atom is -0.370 e. The molecule has 2 heterocycles. The van der Waals surface area contributed by atoms with Crippen LogP contribution >= 0.6 is 0 Å². The summed E-state index contributed by atoms with van der Waals surface area (Å²) in [6, 6.07) is 8.23. The quantitative estimate of drug-likeness (QED) is 0.836. The molecule has 28 heavy (non-hydrogen) atoms. The number of hydrogen-bond donors (Lipinski definition) is 1. The first-order valence-corrected chi connectivity index (χ1v) is 10.3. The van der Waals surface area contributed by atoms with Crippen LogP contribution in [0.3, 0.4) is 0 Å². The van der Waals surface area contributed by atoms with E-state index < -0.39 is 0 Å². The number of benzene rings is 1. The fourth-order valence-electron chi connectivity index (χ4n) is 4.44. The van der Waals surface area contributed by atoms with Crippen LogP contribution in [-0.2, 0) is 11.8 Å². The summed E-state index contributed by atoms with van der Waals surface area (Å²) in [6.45, 7) is 3.25. The fourth-order valence-corrected chi connectivity index (χ4v) is 4.44. The zero-order valence-electron chi connectivity index (χ0n) is 17.1. The first kappa shape index (κ1) is 19.0. The molecule has 0 radical (unpaired) electrons. The summed E-state index contributed by atoms with van der Waals surface area (Å²) >= 11 is 0. The number of carbonyl (C=O) groups excluding carboxylic acids is 1. The van der Waals surface area contributed by atoms with Gasteiger partial charge in [0, 0.05) is 38.8 Å². The van der Waals surface area contributed by atoms with Crippen molar-refractivity contribution < 1.29 is 4.79 Å². The zero-order valence-corrected chi connectivity index (χ0v) is 17.1. The summed E-state index contributed by atoms with van der Waals surface area (Å²) in [4.78, 5) is 17.5. The van der Waals surface area contributed by atoms with Gasteiger partial charge in [-0.15, -0.1) is 0 Å². The van der Waals surface area contributed by atoms with Gasteiger partial charge >= 0.3 is 0 Å². The molecule has 0 spiro atoms. The van der Waals surface area contributed by atoms with E-state index in [1.807, 2.05) is 31.6 Å². The second kappa shape index (κ2) is 7.95. The molecule has 1 aliphatic carbocycles. The lowest BCUT2D eigenvalue weighted by Gasteiger charge is -2.35. The SMILES string of the molecule is CN(C)CC1CCN(c2ccccc2NC(=O)[C@@H]2C[C@H]2c2cnn(C)c2)CC1. The van der Waals surface area contributed by atoms with E-state index in [1.54, 1.807) is 4.68 Å². The summed E-state index contributed by atoms with van der Waals surface area (Å²) in [5.41, 5.74) is 3.26. The Morgan fingerprint density at radius 1 is 1.25 bits per heavy atom. The van der Waals surface area contributed by atoms with Crippen LogP contribution in [0.2, 0.25) is 0 Å². The van der Waals surface area contributed by atoms with Gasteiger partial charge in [0.15, 0.2) is 0 Å². The number of piperidine rings is 1. The maximum absolute atomic E-state index is 12.8. The molecule has 150 valence electrons. The van der Waals surface area contributed by atoms with Crippen molar-refractivity contribution in [3.05, 3.63) is 42.2 Å².